The van der Waals surface area contributed by atoms with Crippen molar-refractivity contribution in [3.8, 4) is 11.5 Å². The van der Waals surface area contributed by atoms with Gasteiger partial charge >= 0.3 is 0 Å². The lowest BCUT2D eigenvalue weighted by atomic mass is 9.92. The van der Waals surface area contributed by atoms with Crippen molar-refractivity contribution in [1.29, 1.82) is 0 Å². The number of aliphatic hydroxyl groups excluding tert-OH is 1. The first-order chi connectivity index (χ1) is 9.76. The number of aliphatic hydroxyl groups is 1. The van der Waals surface area contributed by atoms with Gasteiger partial charge in [0.05, 0.1) is 20.8 Å². The van der Waals surface area contributed by atoms with Crippen molar-refractivity contribution in [1.82, 2.24) is 0 Å². The van der Waals surface area contributed by atoms with Gasteiger partial charge in [-0.15, -0.1) is 0 Å². The summed E-state index contributed by atoms with van der Waals surface area (Å²) in [5.41, 5.74) is 2.22. The van der Waals surface area contributed by atoms with Crippen LogP contribution in [-0.2, 0) is 6.42 Å². The molecule has 0 aromatic heterocycles. The molecule has 3 nitrogen and oxygen atoms in total. The van der Waals surface area contributed by atoms with Crippen LogP contribution in [0.2, 0.25) is 0 Å². The van der Waals surface area contributed by atoms with Gasteiger partial charge in [0.1, 0.15) is 11.5 Å². The Kier molecular flexibility index (Phi) is 5.02. The molecular weight excluding hydrogens is 252 g/mol. The summed E-state index contributed by atoms with van der Waals surface area (Å²) in [6.45, 7) is 0.102. The normalized spacial score (nSPS) is 11.9. The smallest absolute Gasteiger partial charge is 0.119 e. The summed E-state index contributed by atoms with van der Waals surface area (Å²) in [5.74, 6) is 1.70. The van der Waals surface area contributed by atoms with E-state index in [9.17, 15) is 5.11 Å². The Balaban J connectivity index is 2.19. The van der Waals surface area contributed by atoms with E-state index in [0.717, 1.165) is 29.0 Å². The Labute approximate surface area is 119 Å². The molecule has 20 heavy (non-hydrogen) atoms. The molecule has 0 saturated carbocycles. The van der Waals surface area contributed by atoms with Crippen LogP contribution >= 0.6 is 0 Å². The van der Waals surface area contributed by atoms with E-state index >= 15 is 0 Å². The summed E-state index contributed by atoms with van der Waals surface area (Å²) >= 11 is 0. The molecule has 0 fully saturated rings. The largest absolute Gasteiger partial charge is 0.497 e. The summed E-state index contributed by atoms with van der Waals surface area (Å²) in [6, 6.07) is 15.8. The second kappa shape index (κ2) is 6.96. The average molecular weight is 272 g/mol. The maximum Gasteiger partial charge on any atom is 0.119 e. The molecule has 1 unspecified atom stereocenters. The quantitative estimate of drug-likeness (QED) is 0.878. The monoisotopic (exact) mass is 272 g/mol. The molecule has 0 heterocycles. The van der Waals surface area contributed by atoms with Gasteiger partial charge in [0.25, 0.3) is 0 Å². The lowest BCUT2D eigenvalue weighted by molar-refractivity contribution is 0.264. The van der Waals surface area contributed by atoms with Gasteiger partial charge in [-0.25, -0.2) is 0 Å². The van der Waals surface area contributed by atoms with Crippen LogP contribution in [0.25, 0.3) is 0 Å². The minimum Gasteiger partial charge on any atom is -0.497 e. The summed E-state index contributed by atoms with van der Waals surface area (Å²) in [5, 5.41) is 9.66. The van der Waals surface area contributed by atoms with Crippen molar-refractivity contribution in [2.45, 2.75) is 12.3 Å². The standard InChI is InChI=1S/C17H20O3/c1-19-16-7-3-5-13(10-16)9-15(12-18)14-6-4-8-17(11-14)20-2/h3-8,10-11,15,18H,9,12H2,1-2H3. The third kappa shape index (κ3) is 3.52. The Morgan fingerprint density at radius 3 is 2.25 bits per heavy atom. The molecule has 1 atom stereocenters. The number of methoxy groups -OCH3 is 2. The fourth-order valence-electron chi connectivity index (χ4n) is 2.27. The van der Waals surface area contributed by atoms with Crippen molar-refractivity contribution in [3.05, 3.63) is 59.7 Å². The van der Waals surface area contributed by atoms with Gasteiger partial charge < -0.3 is 14.6 Å². The second-order valence-corrected chi connectivity index (χ2v) is 4.71. The second-order valence-electron chi connectivity index (χ2n) is 4.71. The lowest BCUT2D eigenvalue weighted by Crippen LogP contribution is -2.08. The highest BCUT2D eigenvalue weighted by Crippen LogP contribution is 2.25. The number of hydrogen-bond donors (Lipinski definition) is 1. The lowest BCUT2D eigenvalue weighted by Gasteiger charge is -2.16. The van der Waals surface area contributed by atoms with E-state index in [4.69, 9.17) is 9.47 Å². The van der Waals surface area contributed by atoms with Crippen LogP contribution in [0.15, 0.2) is 48.5 Å². The number of hydrogen-bond acceptors (Lipinski definition) is 3. The molecule has 0 spiro atoms. The zero-order valence-corrected chi connectivity index (χ0v) is 11.9. The van der Waals surface area contributed by atoms with E-state index in [1.54, 1.807) is 14.2 Å². The van der Waals surface area contributed by atoms with E-state index in [2.05, 4.69) is 0 Å². The molecule has 0 radical (unpaired) electrons. The van der Waals surface area contributed by atoms with Gasteiger partial charge in [0.15, 0.2) is 0 Å². The van der Waals surface area contributed by atoms with Crippen LogP contribution in [-0.4, -0.2) is 25.9 Å². The summed E-state index contributed by atoms with van der Waals surface area (Å²) in [6.07, 6.45) is 0.765. The zero-order valence-electron chi connectivity index (χ0n) is 11.9. The fraction of sp³-hybridized carbons (Fsp3) is 0.294. The zero-order chi connectivity index (χ0) is 14.4. The number of benzene rings is 2. The van der Waals surface area contributed by atoms with Gasteiger partial charge in [0.2, 0.25) is 0 Å². The van der Waals surface area contributed by atoms with Gasteiger partial charge in [-0.2, -0.15) is 0 Å². The van der Waals surface area contributed by atoms with Gasteiger partial charge in [-0.1, -0.05) is 24.3 Å². The van der Waals surface area contributed by atoms with E-state index in [1.165, 1.54) is 0 Å². The molecule has 1 N–H and O–H groups in total. The molecule has 0 saturated heterocycles. The molecule has 0 aliphatic heterocycles. The van der Waals surface area contributed by atoms with E-state index < -0.39 is 0 Å². The first kappa shape index (κ1) is 14.4. The van der Waals surface area contributed by atoms with E-state index in [0.29, 0.717) is 0 Å². The van der Waals surface area contributed by atoms with Gasteiger partial charge in [-0.3, -0.25) is 0 Å². The molecule has 0 amide bonds. The predicted molar refractivity (Wildman–Crippen MR) is 79.5 cm³/mol. The Morgan fingerprint density at radius 2 is 1.60 bits per heavy atom. The van der Waals surface area contributed by atoms with Crippen LogP contribution < -0.4 is 9.47 Å². The van der Waals surface area contributed by atoms with Crippen molar-refractivity contribution in [2.75, 3.05) is 20.8 Å². The average Bonchev–Trinajstić information content (AvgIpc) is 2.52. The molecule has 0 aliphatic rings. The minimum atomic E-state index is 0.0530. The third-order valence-electron chi connectivity index (χ3n) is 3.40. The molecule has 2 aromatic carbocycles. The maximum absolute atomic E-state index is 9.66. The third-order valence-corrected chi connectivity index (χ3v) is 3.40. The molecule has 3 heteroatoms. The molecule has 106 valence electrons. The van der Waals surface area contributed by atoms with Crippen LogP contribution in [0, 0.1) is 0 Å². The molecular formula is C17H20O3. The maximum atomic E-state index is 9.66. The summed E-state index contributed by atoms with van der Waals surface area (Å²) in [7, 11) is 3.31. The first-order valence-electron chi connectivity index (χ1n) is 6.64. The predicted octanol–water partition coefficient (Wildman–Crippen LogP) is 3.02. The molecule has 2 rings (SSSR count). The van der Waals surface area contributed by atoms with Crippen molar-refractivity contribution in [2.24, 2.45) is 0 Å². The highest BCUT2D eigenvalue weighted by molar-refractivity contribution is 5.34. The molecule has 0 aliphatic carbocycles. The van der Waals surface area contributed by atoms with Gasteiger partial charge in [0, 0.05) is 5.92 Å². The summed E-state index contributed by atoms with van der Waals surface area (Å²) < 4.78 is 10.5. The molecule has 2 aromatic rings. The van der Waals surface area contributed by atoms with Crippen LogP contribution in [0.1, 0.15) is 17.0 Å². The van der Waals surface area contributed by atoms with Crippen LogP contribution in [0.5, 0.6) is 11.5 Å². The van der Waals surface area contributed by atoms with E-state index in [-0.39, 0.29) is 12.5 Å². The minimum absolute atomic E-state index is 0.0530. The van der Waals surface area contributed by atoms with E-state index in [1.807, 2.05) is 48.5 Å². The Bertz CT molecular complexity index is 551. The van der Waals surface area contributed by atoms with Crippen LogP contribution in [0.4, 0.5) is 0 Å². The van der Waals surface area contributed by atoms with Gasteiger partial charge in [-0.05, 0) is 41.8 Å². The fourth-order valence-corrected chi connectivity index (χ4v) is 2.27. The molecule has 0 bridgehead atoms. The highest BCUT2D eigenvalue weighted by Gasteiger charge is 2.12. The summed E-state index contributed by atoms with van der Waals surface area (Å²) in [4.78, 5) is 0. The SMILES string of the molecule is COc1cccc(CC(CO)c2cccc(OC)c2)c1. The van der Waals surface area contributed by atoms with Crippen molar-refractivity contribution < 1.29 is 14.6 Å². The topological polar surface area (TPSA) is 38.7 Å². The highest BCUT2D eigenvalue weighted by atomic mass is 16.5. The number of ether oxygens (including phenoxy) is 2. The Morgan fingerprint density at radius 1 is 0.950 bits per heavy atom. The number of rotatable bonds is 6. The first-order valence-corrected chi connectivity index (χ1v) is 6.64. The van der Waals surface area contributed by atoms with Crippen LogP contribution in [0.3, 0.4) is 0 Å². The van der Waals surface area contributed by atoms with Crippen molar-refractivity contribution in [3.63, 3.8) is 0 Å². The van der Waals surface area contributed by atoms with Crippen molar-refractivity contribution >= 4 is 0 Å². The Hall–Kier alpha value is -2.00.